The van der Waals surface area contributed by atoms with Crippen molar-refractivity contribution in [2.24, 2.45) is 4.99 Å². The van der Waals surface area contributed by atoms with Crippen molar-refractivity contribution in [3.05, 3.63) is 71.0 Å². The first-order valence-corrected chi connectivity index (χ1v) is 13.5. The SMILES string of the molecule is COC(=O)c1cc(NC(=S)/N=C(\Nc2nc(C)cc(C)n2)N2CCN(c3ccc(OC)cc3)CC2)cc(C(=O)OC)c1. The summed E-state index contributed by atoms with van der Waals surface area (Å²) in [5.74, 6) is 0.447. The Morgan fingerprint density at radius 3 is 1.93 bits per heavy atom. The number of carbonyl (C=O) groups is 2. The molecule has 0 aliphatic carbocycles. The number of benzene rings is 2. The molecule has 0 unspecified atom stereocenters. The number of carbonyl (C=O) groups excluding carboxylic acids is 2. The van der Waals surface area contributed by atoms with Gasteiger partial charge in [-0.2, -0.15) is 4.99 Å². The Bertz CT molecular complexity index is 1430. The summed E-state index contributed by atoms with van der Waals surface area (Å²) in [6.07, 6.45) is 0. The van der Waals surface area contributed by atoms with Crippen LogP contribution in [0.2, 0.25) is 0 Å². The number of methoxy groups -OCH3 is 3. The zero-order valence-corrected chi connectivity index (χ0v) is 24.9. The fourth-order valence-electron chi connectivity index (χ4n) is 4.45. The third-order valence-electron chi connectivity index (χ3n) is 6.46. The lowest BCUT2D eigenvalue weighted by atomic mass is 10.1. The second-order valence-electron chi connectivity index (χ2n) is 9.42. The van der Waals surface area contributed by atoms with E-state index in [1.807, 2.05) is 44.2 Å². The summed E-state index contributed by atoms with van der Waals surface area (Å²) in [6.45, 7) is 6.56. The van der Waals surface area contributed by atoms with Gasteiger partial charge in [-0.05, 0) is 74.6 Å². The standard InChI is InChI=1S/C29H33N7O5S/c1-18-14-19(2)31-27(30-18)33-28(36-12-10-35(11-13-36)23-6-8-24(39-3)9-7-23)34-29(42)32-22-16-20(25(37)40-4)15-21(17-22)26(38)41-5/h6-9,14-17H,10-13H2,1-5H3,(H2,30,31,32,33,34,42). The molecule has 2 heterocycles. The lowest BCUT2D eigenvalue weighted by molar-refractivity contribution is 0.0599. The Balaban J connectivity index is 1.58. The summed E-state index contributed by atoms with van der Waals surface area (Å²) >= 11 is 5.59. The molecule has 0 bridgehead atoms. The van der Waals surface area contributed by atoms with Crippen LogP contribution in [0, 0.1) is 13.8 Å². The number of hydrogen-bond donors (Lipinski definition) is 2. The predicted octanol–water partition coefficient (Wildman–Crippen LogP) is 3.66. The molecule has 42 heavy (non-hydrogen) atoms. The number of piperazine rings is 1. The smallest absolute Gasteiger partial charge is 0.337 e. The number of hydrogen-bond acceptors (Lipinski definition) is 9. The average Bonchev–Trinajstić information content (AvgIpc) is 2.99. The van der Waals surface area contributed by atoms with Gasteiger partial charge in [-0.1, -0.05) is 0 Å². The molecule has 4 rings (SSSR count). The predicted molar refractivity (Wildman–Crippen MR) is 165 cm³/mol. The van der Waals surface area contributed by atoms with Crippen LogP contribution in [0.4, 0.5) is 17.3 Å². The topological polar surface area (TPSA) is 131 Å². The summed E-state index contributed by atoms with van der Waals surface area (Å²) < 4.78 is 14.9. The van der Waals surface area contributed by atoms with E-state index in [0.29, 0.717) is 30.7 Å². The Kier molecular flexibility index (Phi) is 9.86. The molecule has 13 heteroatoms. The molecule has 0 atom stereocenters. The molecule has 3 aromatic rings. The number of nitrogens with one attached hydrogen (secondary N) is 2. The average molecular weight is 592 g/mol. The number of rotatable bonds is 6. The van der Waals surface area contributed by atoms with Gasteiger partial charge in [0.25, 0.3) is 0 Å². The van der Waals surface area contributed by atoms with Crippen molar-refractivity contribution in [3.63, 3.8) is 0 Å². The normalized spacial score (nSPS) is 13.3. The van der Waals surface area contributed by atoms with Gasteiger partial charge in [-0.25, -0.2) is 19.6 Å². The van der Waals surface area contributed by atoms with E-state index in [9.17, 15) is 9.59 Å². The van der Waals surface area contributed by atoms with E-state index in [-0.39, 0.29) is 16.2 Å². The van der Waals surface area contributed by atoms with Gasteiger partial charge in [0.2, 0.25) is 17.0 Å². The van der Waals surface area contributed by atoms with E-state index < -0.39 is 11.9 Å². The number of guanidine groups is 1. The molecule has 1 aliphatic heterocycles. The molecule has 0 radical (unpaired) electrons. The third kappa shape index (κ3) is 7.69. The van der Waals surface area contributed by atoms with E-state index in [2.05, 4.69) is 35.4 Å². The van der Waals surface area contributed by atoms with Gasteiger partial charge < -0.3 is 29.3 Å². The zero-order chi connectivity index (χ0) is 30.2. The van der Waals surface area contributed by atoms with E-state index in [4.69, 9.17) is 26.4 Å². The molecule has 1 saturated heterocycles. The number of aryl methyl sites for hydroxylation is 2. The van der Waals surface area contributed by atoms with Crippen molar-refractivity contribution in [2.75, 3.05) is 63.0 Å². The first-order valence-electron chi connectivity index (χ1n) is 13.1. The fraction of sp³-hybridized carbons (Fsp3) is 0.310. The number of ether oxygens (including phenoxy) is 3. The first kappa shape index (κ1) is 30.2. The van der Waals surface area contributed by atoms with Crippen molar-refractivity contribution >= 4 is 52.6 Å². The fourth-order valence-corrected chi connectivity index (χ4v) is 4.65. The maximum Gasteiger partial charge on any atom is 0.337 e. The summed E-state index contributed by atoms with van der Waals surface area (Å²) in [6, 6.07) is 14.3. The van der Waals surface area contributed by atoms with E-state index in [1.54, 1.807) is 7.11 Å². The molecule has 2 aromatic carbocycles. The van der Waals surface area contributed by atoms with E-state index in [1.165, 1.54) is 32.4 Å². The minimum absolute atomic E-state index is 0.0947. The molecular weight excluding hydrogens is 558 g/mol. The lowest BCUT2D eigenvalue weighted by Crippen LogP contribution is -2.51. The molecule has 1 aliphatic rings. The van der Waals surface area contributed by atoms with Crippen LogP contribution in [0.25, 0.3) is 0 Å². The van der Waals surface area contributed by atoms with Gasteiger partial charge in [0.05, 0.1) is 32.5 Å². The molecule has 2 N–H and O–H groups in total. The van der Waals surface area contributed by atoms with Gasteiger partial charge in [-0.15, -0.1) is 0 Å². The number of aliphatic imine (C=N–C) groups is 1. The molecular formula is C29H33N7O5S. The quantitative estimate of drug-likeness (QED) is 0.188. The van der Waals surface area contributed by atoms with Gasteiger partial charge in [0.15, 0.2) is 0 Å². The Hall–Kier alpha value is -4.78. The highest BCUT2D eigenvalue weighted by molar-refractivity contribution is 7.80. The van der Waals surface area contributed by atoms with Crippen molar-refractivity contribution < 1.29 is 23.8 Å². The Morgan fingerprint density at radius 2 is 1.40 bits per heavy atom. The monoisotopic (exact) mass is 591 g/mol. The molecule has 0 saturated carbocycles. The number of anilines is 3. The first-order chi connectivity index (χ1) is 20.2. The van der Waals surface area contributed by atoms with E-state index >= 15 is 0 Å². The van der Waals surface area contributed by atoms with Crippen LogP contribution in [0.5, 0.6) is 5.75 Å². The number of aromatic nitrogens is 2. The highest BCUT2D eigenvalue weighted by atomic mass is 32.1. The van der Waals surface area contributed by atoms with Crippen LogP contribution in [-0.4, -0.2) is 85.4 Å². The van der Waals surface area contributed by atoms with Gasteiger partial charge in [0, 0.05) is 48.9 Å². The Morgan fingerprint density at radius 1 is 0.833 bits per heavy atom. The van der Waals surface area contributed by atoms with Crippen molar-refractivity contribution in [2.45, 2.75) is 13.8 Å². The second-order valence-corrected chi connectivity index (χ2v) is 9.81. The maximum absolute atomic E-state index is 12.2. The molecule has 12 nitrogen and oxygen atoms in total. The summed E-state index contributed by atoms with van der Waals surface area (Å²) in [5, 5.41) is 6.33. The molecule has 0 amide bonds. The lowest BCUT2D eigenvalue weighted by Gasteiger charge is -2.37. The van der Waals surface area contributed by atoms with Crippen LogP contribution >= 0.6 is 12.2 Å². The third-order valence-corrected chi connectivity index (χ3v) is 6.65. The molecule has 1 fully saturated rings. The molecule has 0 spiro atoms. The van der Waals surface area contributed by atoms with Crippen LogP contribution in [-0.2, 0) is 9.47 Å². The Labute approximate surface area is 249 Å². The van der Waals surface area contributed by atoms with E-state index in [0.717, 1.165) is 35.9 Å². The molecule has 220 valence electrons. The second kappa shape index (κ2) is 13.7. The minimum Gasteiger partial charge on any atom is -0.497 e. The zero-order valence-electron chi connectivity index (χ0n) is 24.1. The van der Waals surface area contributed by atoms with Gasteiger partial charge in [0.1, 0.15) is 5.75 Å². The minimum atomic E-state index is -0.609. The maximum atomic E-state index is 12.2. The van der Waals surface area contributed by atoms with Gasteiger partial charge in [-0.3, -0.25) is 5.32 Å². The molecule has 1 aromatic heterocycles. The van der Waals surface area contributed by atoms with Crippen molar-refractivity contribution in [1.29, 1.82) is 0 Å². The number of thiocarbonyl (C=S) groups is 1. The summed E-state index contributed by atoms with van der Waals surface area (Å²) in [5.41, 5.74) is 3.41. The van der Waals surface area contributed by atoms with Crippen LogP contribution in [0.1, 0.15) is 32.1 Å². The number of nitrogens with zero attached hydrogens (tertiary/aromatic N) is 5. The summed E-state index contributed by atoms with van der Waals surface area (Å²) in [4.78, 5) is 42.4. The highest BCUT2D eigenvalue weighted by Crippen LogP contribution is 2.21. The van der Waals surface area contributed by atoms with Gasteiger partial charge >= 0.3 is 11.9 Å². The van der Waals surface area contributed by atoms with Crippen LogP contribution in [0.3, 0.4) is 0 Å². The van der Waals surface area contributed by atoms with Crippen molar-refractivity contribution in [1.82, 2.24) is 14.9 Å². The van der Waals surface area contributed by atoms with Crippen LogP contribution in [0.15, 0.2) is 53.5 Å². The van der Waals surface area contributed by atoms with Crippen molar-refractivity contribution in [3.8, 4) is 5.75 Å². The summed E-state index contributed by atoms with van der Waals surface area (Å²) in [7, 11) is 4.17. The highest BCUT2D eigenvalue weighted by Gasteiger charge is 2.22. The number of esters is 2. The largest absolute Gasteiger partial charge is 0.497 e. The van der Waals surface area contributed by atoms with Crippen LogP contribution < -0.4 is 20.3 Å².